The van der Waals surface area contributed by atoms with Crippen LogP contribution >= 0.6 is 0 Å². The van der Waals surface area contributed by atoms with Crippen molar-refractivity contribution >= 4 is 34.6 Å². The molecule has 2 amide bonds. The summed E-state index contributed by atoms with van der Waals surface area (Å²) in [5, 5.41) is 3.93. The Labute approximate surface area is 192 Å². The van der Waals surface area contributed by atoms with E-state index in [0.717, 1.165) is 27.7 Å². The number of carbonyl (C=O) groups excluding carboxylic acids is 2. The highest BCUT2D eigenvalue weighted by molar-refractivity contribution is 5.92. The van der Waals surface area contributed by atoms with E-state index < -0.39 is 0 Å². The number of nitrogens with zero attached hydrogens (tertiary/aromatic N) is 4. The summed E-state index contributed by atoms with van der Waals surface area (Å²) in [4.78, 5) is 34.6. The number of aromatic nitrogens is 3. The van der Waals surface area contributed by atoms with Gasteiger partial charge in [0.2, 0.25) is 11.8 Å². The van der Waals surface area contributed by atoms with Gasteiger partial charge in [-0.2, -0.15) is 0 Å². The van der Waals surface area contributed by atoms with Crippen LogP contribution in [0.5, 0.6) is 0 Å². The molecule has 0 aliphatic carbocycles. The van der Waals surface area contributed by atoms with Crippen LogP contribution in [0.4, 0.5) is 5.82 Å². The largest absolute Gasteiger partial charge is 0.346 e. The van der Waals surface area contributed by atoms with E-state index in [0.29, 0.717) is 12.4 Å². The Morgan fingerprint density at radius 2 is 1.88 bits per heavy atom. The Kier molecular flexibility index (Phi) is 6.59. The number of rotatable bonds is 7. The third-order valence-corrected chi connectivity index (χ3v) is 5.41. The molecular formula is C26H25N5O2. The quantitative estimate of drug-likeness (QED) is 0.444. The van der Waals surface area contributed by atoms with Gasteiger partial charge in [-0.1, -0.05) is 18.2 Å². The third-order valence-electron chi connectivity index (χ3n) is 5.41. The topological polar surface area (TPSA) is 80.1 Å². The maximum absolute atomic E-state index is 12.6. The number of para-hydroxylation sites is 1. The molecule has 3 heterocycles. The number of carbonyl (C=O) groups is 2. The number of anilines is 1. The molecule has 0 aliphatic heterocycles. The fourth-order valence-corrected chi connectivity index (χ4v) is 3.56. The van der Waals surface area contributed by atoms with Crippen LogP contribution in [-0.2, 0) is 29.6 Å². The van der Waals surface area contributed by atoms with E-state index in [1.807, 2.05) is 25.2 Å². The fraction of sp³-hybridized carbons (Fsp3) is 0.154. The van der Waals surface area contributed by atoms with E-state index in [9.17, 15) is 9.59 Å². The lowest BCUT2D eigenvalue weighted by Crippen LogP contribution is -2.25. The molecule has 7 nitrogen and oxygen atoms in total. The van der Waals surface area contributed by atoms with Crippen molar-refractivity contribution in [2.24, 2.45) is 7.05 Å². The van der Waals surface area contributed by atoms with Gasteiger partial charge in [0.15, 0.2) is 0 Å². The maximum atomic E-state index is 12.6. The first-order valence-corrected chi connectivity index (χ1v) is 10.6. The highest BCUT2D eigenvalue weighted by Crippen LogP contribution is 2.19. The molecule has 1 aromatic carbocycles. The molecule has 33 heavy (non-hydrogen) atoms. The zero-order chi connectivity index (χ0) is 23.2. The summed E-state index contributed by atoms with van der Waals surface area (Å²) in [6.07, 6.45) is 8.43. The SMILES string of the molecule is CN(Cc1cc2ccccc2n1C)C(=O)/C=C/c1ccc(NC(=O)Cc2ccncc2)nc1. The van der Waals surface area contributed by atoms with Gasteiger partial charge in [-0.25, -0.2) is 4.98 Å². The minimum Gasteiger partial charge on any atom is -0.346 e. The molecule has 4 rings (SSSR count). The number of hydrogen-bond acceptors (Lipinski definition) is 4. The fourth-order valence-electron chi connectivity index (χ4n) is 3.56. The van der Waals surface area contributed by atoms with Crippen LogP contribution in [0, 0.1) is 0 Å². The van der Waals surface area contributed by atoms with Crippen LogP contribution in [0.1, 0.15) is 16.8 Å². The van der Waals surface area contributed by atoms with E-state index >= 15 is 0 Å². The van der Waals surface area contributed by atoms with Crippen molar-refractivity contribution in [3.05, 3.63) is 96.1 Å². The minimum absolute atomic E-state index is 0.102. The van der Waals surface area contributed by atoms with Crippen LogP contribution in [0.25, 0.3) is 17.0 Å². The molecule has 0 fully saturated rings. The molecule has 0 bridgehead atoms. The molecule has 0 atom stereocenters. The Balaban J connectivity index is 1.32. The lowest BCUT2D eigenvalue weighted by atomic mass is 10.2. The first-order chi connectivity index (χ1) is 16.0. The van der Waals surface area contributed by atoms with Gasteiger partial charge >= 0.3 is 0 Å². The summed E-state index contributed by atoms with van der Waals surface area (Å²) in [7, 11) is 3.79. The standard InChI is InChI=1S/C26H25N5O2/c1-30(18-22-16-21-5-3-4-6-23(21)31(22)2)26(33)10-8-20-7-9-24(28-17-20)29-25(32)15-19-11-13-27-14-12-19/h3-14,16-17H,15,18H2,1-2H3,(H,28,29,32)/b10-8+. The molecule has 0 radical (unpaired) electrons. The number of benzene rings is 1. The molecule has 4 aromatic rings. The molecule has 3 aromatic heterocycles. The lowest BCUT2D eigenvalue weighted by Gasteiger charge is -2.15. The van der Waals surface area contributed by atoms with E-state index in [1.165, 1.54) is 6.08 Å². The predicted molar refractivity (Wildman–Crippen MR) is 129 cm³/mol. The number of amides is 2. The average molecular weight is 440 g/mol. The Morgan fingerprint density at radius 3 is 2.61 bits per heavy atom. The van der Waals surface area contributed by atoms with Crippen molar-refractivity contribution in [2.75, 3.05) is 12.4 Å². The van der Waals surface area contributed by atoms with Crippen LogP contribution in [-0.4, -0.2) is 38.3 Å². The lowest BCUT2D eigenvalue weighted by molar-refractivity contribution is -0.125. The number of pyridine rings is 2. The number of fused-ring (bicyclic) bond motifs is 1. The normalized spacial score (nSPS) is 11.1. The molecule has 0 saturated heterocycles. The summed E-state index contributed by atoms with van der Waals surface area (Å²) in [6.45, 7) is 0.509. The van der Waals surface area contributed by atoms with E-state index in [1.54, 1.807) is 54.8 Å². The van der Waals surface area contributed by atoms with Crippen molar-refractivity contribution in [2.45, 2.75) is 13.0 Å². The first-order valence-electron chi connectivity index (χ1n) is 10.6. The smallest absolute Gasteiger partial charge is 0.246 e. The van der Waals surface area contributed by atoms with Gasteiger partial charge in [0.25, 0.3) is 0 Å². The van der Waals surface area contributed by atoms with E-state index in [4.69, 9.17) is 0 Å². The molecule has 0 saturated carbocycles. The highest BCUT2D eigenvalue weighted by atomic mass is 16.2. The van der Waals surface area contributed by atoms with Crippen molar-refractivity contribution in [3.8, 4) is 0 Å². The highest BCUT2D eigenvalue weighted by Gasteiger charge is 2.11. The molecular weight excluding hydrogens is 414 g/mol. The van der Waals surface area contributed by atoms with Gasteiger partial charge in [-0.15, -0.1) is 0 Å². The number of aryl methyl sites for hydroxylation is 1. The van der Waals surface area contributed by atoms with Crippen LogP contribution < -0.4 is 5.32 Å². The molecule has 166 valence electrons. The molecule has 0 spiro atoms. The zero-order valence-corrected chi connectivity index (χ0v) is 18.6. The first kappa shape index (κ1) is 22.0. The second kappa shape index (κ2) is 9.91. The minimum atomic E-state index is -0.151. The third kappa shape index (κ3) is 5.51. The molecule has 1 N–H and O–H groups in total. The molecule has 0 aliphatic rings. The summed E-state index contributed by atoms with van der Waals surface area (Å²) >= 11 is 0. The summed E-state index contributed by atoms with van der Waals surface area (Å²) in [5.74, 6) is 0.211. The van der Waals surface area contributed by atoms with Crippen molar-refractivity contribution < 1.29 is 9.59 Å². The van der Waals surface area contributed by atoms with Crippen molar-refractivity contribution in [1.82, 2.24) is 19.4 Å². The number of nitrogens with one attached hydrogen (secondary N) is 1. The van der Waals surface area contributed by atoms with E-state index in [-0.39, 0.29) is 18.2 Å². The second-order valence-electron chi connectivity index (χ2n) is 7.84. The van der Waals surface area contributed by atoms with Gasteiger partial charge in [-0.05, 0) is 59.0 Å². The number of likely N-dealkylation sites (N-methyl/N-ethyl adjacent to an activating group) is 1. The van der Waals surface area contributed by atoms with Gasteiger partial charge in [0.05, 0.1) is 13.0 Å². The van der Waals surface area contributed by atoms with Crippen molar-refractivity contribution in [3.63, 3.8) is 0 Å². The van der Waals surface area contributed by atoms with Gasteiger partial charge < -0.3 is 14.8 Å². The van der Waals surface area contributed by atoms with Crippen molar-refractivity contribution in [1.29, 1.82) is 0 Å². The van der Waals surface area contributed by atoms with E-state index in [2.05, 4.69) is 38.1 Å². The average Bonchev–Trinajstić information content (AvgIpc) is 3.14. The van der Waals surface area contributed by atoms with Gasteiger partial charge in [0.1, 0.15) is 5.82 Å². The summed E-state index contributed by atoms with van der Waals surface area (Å²) in [6, 6.07) is 17.4. The Hall–Kier alpha value is -4.26. The van der Waals surface area contributed by atoms with Gasteiger partial charge in [-0.3, -0.25) is 14.6 Å². The number of hydrogen-bond donors (Lipinski definition) is 1. The summed E-state index contributed by atoms with van der Waals surface area (Å²) in [5.41, 5.74) is 3.86. The zero-order valence-electron chi connectivity index (χ0n) is 18.6. The molecule has 0 unspecified atom stereocenters. The molecule has 7 heteroatoms. The van der Waals surface area contributed by atoms with Gasteiger partial charge in [0, 0.05) is 50.0 Å². The van der Waals surface area contributed by atoms with Crippen LogP contribution in [0.2, 0.25) is 0 Å². The Morgan fingerprint density at radius 1 is 1.09 bits per heavy atom. The maximum Gasteiger partial charge on any atom is 0.246 e. The summed E-state index contributed by atoms with van der Waals surface area (Å²) < 4.78 is 2.11. The van der Waals surface area contributed by atoms with Crippen LogP contribution in [0.3, 0.4) is 0 Å². The second-order valence-corrected chi connectivity index (χ2v) is 7.84. The Bertz CT molecular complexity index is 1290. The monoisotopic (exact) mass is 439 g/mol. The predicted octanol–water partition coefficient (Wildman–Crippen LogP) is 3.82. The van der Waals surface area contributed by atoms with Crippen LogP contribution in [0.15, 0.2) is 79.3 Å².